The molecule has 0 spiro atoms. The minimum absolute atomic E-state index is 0.391. The number of aromatic nitrogens is 2. The van der Waals surface area contributed by atoms with Crippen molar-refractivity contribution in [3.05, 3.63) is 41.7 Å². The van der Waals surface area contributed by atoms with E-state index < -0.39 is 0 Å². The molecule has 0 radical (unpaired) electrons. The van der Waals surface area contributed by atoms with Gasteiger partial charge in [-0.15, -0.1) is 12.6 Å². The van der Waals surface area contributed by atoms with E-state index in [4.69, 9.17) is 4.74 Å². The Labute approximate surface area is 148 Å². The van der Waals surface area contributed by atoms with Crippen molar-refractivity contribution >= 4 is 18.6 Å². The zero-order chi connectivity index (χ0) is 16.5. The number of nitrogens with zero attached hydrogens (tertiary/aromatic N) is 4. The van der Waals surface area contributed by atoms with Crippen LogP contribution in [0, 0.1) is 0 Å². The zero-order valence-corrected chi connectivity index (χ0v) is 14.7. The van der Waals surface area contributed by atoms with Crippen LogP contribution in [0.25, 0.3) is 0 Å². The number of thiol groups is 1. The largest absolute Gasteiger partial charge is 0.493 e. The van der Waals surface area contributed by atoms with Gasteiger partial charge in [0, 0.05) is 55.9 Å². The van der Waals surface area contributed by atoms with E-state index in [9.17, 15) is 0 Å². The van der Waals surface area contributed by atoms with Crippen LogP contribution in [0.1, 0.15) is 24.1 Å². The van der Waals surface area contributed by atoms with Crippen molar-refractivity contribution in [1.29, 1.82) is 0 Å². The average molecular weight is 342 g/mol. The molecule has 1 unspecified atom stereocenters. The van der Waals surface area contributed by atoms with Crippen molar-refractivity contribution in [3.63, 3.8) is 0 Å². The Morgan fingerprint density at radius 3 is 2.62 bits per heavy atom. The molecule has 0 amide bonds. The molecule has 0 bridgehead atoms. The second-order valence-corrected chi connectivity index (χ2v) is 6.92. The van der Waals surface area contributed by atoms with E-state index in [2.05, 4.69) is 57.5 Å². The molecule has 6 heteroatoms. The van der Waals surface area contributed by atoms with Crippen LogP contribution in [0.5, 0.6) is 5.75 Å². The van der Waals surface area contributed by atoms with Crippen molar-refractivity contribution in [2.75, 3.05) is 37.7 Å². The maximum absolute atomic E-state index is 5.71. The minimum Gasteiger partial charge on any atom is -0.493 e. The highest BCUT2D eigenvalue weighted by Crippen LogP contribution is 2.31. The van der Waals surface area contributed by atoms with Gasteiger partial charge in [0.15, 0.2) is 0 Å². The van der Waals surface area contributed by atoms with Crippen molar-refractivity contribution in [2.24, 2.45) is 0 Å². The molecule has 0 saturated carbocycles. The first-order valence-corrected chi connectivity index (χ1v) is 8.91. The van der Waals surface area contributed by atoms with Gasteiger partial charge in [0.1, 0.15) is 5.75 Å². The zero-order valence-electron chi connectivity index (χ0n) is 13.9. The van der Waals surface area contributed by atoms with E-state index >= 15 is 0 Å². The molecule has 126 valence electrons. The van der Waals surface area contributed by atoms with Gasteiger partial charge in [-0.05, 0) is 24.1 Å². The molecule has 1 aromatic heterocycles. The van der Waals surface area contributed by atoms with Crippen LogP contribution in [0.2, 0.25) is 0 Å². The number of ether oxygens (including phenoxy) is 1. The van der Waals surface area contributed by atoms with Crippen LogP contribution >= 0.6 is 12.6 Å². The predicted molar refractivity (Wildman–Crippen MR) is 97.1 cm³/mol. The lowest BCUT2D eigenvalue weighted by Gasteiger charge is -2.38. The van der Waals surface area contributed by atoms with E-state index in [-0.39, 0.29) is 0 Å². The molecule has 2 aromatic rings. The molecule has 1 saturated heterocycles. The predicted octanol–water partition coefficient (Wildman–Crippen LogP) is 2.58. The SMILES string of the molecule is CC(c1ccc2c(c1)OCC2)N1CCN(c2ncc(S)cn2)CC1. The maximum Gasteiger partial charge on any atom is 0.225 e. The lowest BCUT2D eigenvalue weighted by molar-refractivity contribution is 0.197. The summed E-state index contributed by atoms with van der Waals surface area (Å²) < 4.78 is 5.71. The van der Waals surface area contributed by atoms with Crippen LogP contribution in [0.4, 0.5) is 5.95 Å². The van der Waals surface area contributed by atoms with Crippen LogP contribution in [0.15, 0.2) is 35.5 Å². The fraction of sp³-hybridized carbons (Fsp3) is 0.444. The van der Waals surface area contributed by atoms with Gasteiger partial charge in [-0.1, -0.05) is 12.1 Å². The molecule has 0 N–H and O–H groups in total. The summed E-state index contributed by atoms with van der Waals surface area (Å²) in [6.07, 6.45) is 4.55. The molecule has 3 heterocycles. The minimum atomic E-state index is 0.391. The molecule has 1 aromatic carbocycles. The Morgan fingerprint density at radius 1 is 1.12 bits per heavy atom. The van der Waals surface area contributed by atoms with Crippen LogP contribution in [0.3, 0.4) is 0 Å². The second-order valence-electron chi connectivity index (χ2n) is 6.41. The van der Waals surface area contributed by atoms with Crippen molar-refractivity contribution in [2.45, 2.75) is 24.3 Å². The van der Waals surface area contributed by atoms with Crippen LogP contribution in [-0.4, -0.2) is 47.7 Å². The highest BCUT2D eigenvalue weighted by Gasteiger charge is 2.24. The van der Waals surface area contributed by atoms with E-state index in [1.807, 2.05) is 0 Å². The van der Waals surface area contributed by atoms with E-state index in [0.29, 0.717) is 6.04 Å². The Balaban J connectivity index is 1.41. The van der Waals surface area contributed by atoms with Crippen molar-refractivity contribution in [1.82, 2.24) is 14.9 Å². The molecule has 2 aliphatic heterocycles. The van der Waals surface area contributed by atoms with Gasteiger partial charge in [-0.2, -0.15) is 0 Å². The molecule has 1 atom stereocenters. The fourth-order valence-electron chi connectivity index (χ4n) is 3.44. The average Bonchev–Trinajstić information content (AvgIpc) is 3.09. The first-order valence-electron chi connectivity index (χ1n) is 8.46. The molecule has 4 rings (SSSR count). The van der Waals surface area contributed by atoms with Crippen molar-refractivity contribution in [3.8, 4) is 5.75 Å². The second kappa shape index (κ2) is 6.61. The van der Waals surface area contributed by atoms with E-state index in [1.54, 1.807) is 12.4 Å². The number of benzene rings is 1. The first-order chi connectivity index (χ1) is 11.7. The summed E-state index contributed by atoms with van der Waals surface area (Å²) in [5, 5.41) is 0. The topological polar surface area (TPSA) is 41.5 Å². The molecule has 0 aliphatic carbocycles. The van der Waals surface area contributed by atoms with Gasteiger partial charge >= 0.3 is 0 Å². The highest BCUT2D eigenvalue weighted by atomic mass is 32.1. The third kappa shape index (κ3) is 3.08. The summed E-state index contributed by atoms with van der Waals surface area (Å²) in [5.74, 6) is 1.87. The summed E-state index contributed by atoms with van der Waals surface area (Å²) in [5.41, 5.74) is 2.67. The third-order valence-electron chi connectivity index (χ3n) is 4.97. The monoisotopic (exact) mass is 342 g/mol. The molecule has 24 heavy (non-hydrogen) atoms. The third-order valence-corrected chi connectivity index (χ3v) is 5.20. The Kier molecular flexibility index (Phi) is 4.33. The number of fused-ring (bicyclic) bond motifs is 1. The molecular weight excluding hydrogens is 320 g/mol. The molecule has 2 aliphatic rings. The van der Waals surface area contributed by atoms with Gasteiger partial charge < -0.3 is 9.64 Å². The normalized spacial score (nSPS) is 19.0. The Hall–Kier alpha value is -1.79. The van der Waals surface area contributed by atoms with E-state index in [0.717, 1.165) is 55.8 Å². The van der Waals surface area contributed by atoms with Crippen molar-refractivity contribution < 1.29 is 4.74 Å². The summed E-state index contributed by atoms with van der Waals surface area (Å²) in [7, 11) is 0. The number of hydrogen-bond donors (Lipinski definition) is 1. The summed E-state index contributed by atoms with van der Waals surface area (Å²) in [4.78, 5) is 14.3. The first kappa shape index (κ1) is 15.7. The number of hydrogen-bond acceptors (Lipinski definition) is 6. The van der Waals surface area contributed by atoms with Gasteiger partial charge in [0.2, 0.25) is 5.95 Å². The highest BCUT2D eigenvalue weighted by molar-refractivity contribution is 7.80. The lowest BCUT2D eigenvalue weighted by Crippen LogP contribution is -2.47. The summed E-state index contributed by atoms with van der Waals surface area (Å²) >= 11 is 4.24. The van der Waals surface area contributed by atoms with Crippen LogP contribution < -0.4 is 9.64 Å². The lowest BCUT2D eigenvalue weighted by atomic mass is 10.0. The molecular formula is C18H22N4OS. The van der Waals surface area contributed by atoms with Gasteiger partial charge in [0.05, 0.1) is 6.61 Å². The maximum atomic E-state index is 5.71. The molecule has 1 fully saturated rings. The summed E-state index contributed by atoms with van der Waals surface area (Å²) in [6.45, 7) is 6.99. The Morgan fingerprint density at radius 2 is 1.88 bits per heavy atom. The van der Waals surface area contributed by atoms with Gasteiger partial charge in [-0.3, -0.25) is 4.90 Å². The van der Waals surface area contributed by atoms with Crippen LogP contribution in [-0.2, 0) is 6.42 Å². The number of rotatable bonds is 3. The quantitative estimate of drug-likeness (QED) is 0.869. The molecule has 5 nitrogen and oxygen atoms in total. The number of piperazine rings is 1. The van der Waals surface area contributed by atoms with Gasteiger partial charge in [-0.25, -0.2) is 9.97 Å². The fourth-order valence-corrected chi connectivity index (χ4v) is 3.56. The Bertz CT molecular complexity index is 713. The standard InChI is InChI=1S/C18H22N4OS/c1-13(15-3-2-14-4-9-23-17(14)10-15)21-5-7-22(8-6-21)18-19-11-16(24)12-20-18/h2-3,10-13,24H,4-9H2,1H3. The number of anilines is 1. The van der Waals surface area contributed by atoms with E-state index in [1.165, 1.54) is 11.1 Å². The van der Waals surface area contributed by atoms with Gasteiger partial charge in [0.25, 0.3) is 0 Å². The smallest absolute Gasteiger partial charge is 0.225 e. The summed E-state index contributed by atoms with van der Waals surface area (Å²) in [6, 6.07) is 7.08.